The minimum atomic E-state index is -0.801. The summed E-state index contributed by atoms with van der Waals surface area (Å²) in [5, 5.41) is 23.1. The molecule has 1 saturated heterocycles. The molecule has 6 rings (SSSR count). The molecule has 0 bridgehead atoms. The topological polar surface area (TPSA) is 122 Å². The van der Waals surface area contributed by atoms with Gasteiger partial charge in [-0.3, -0.25) is 9.89 Å². The second kappa shape index (κ2) is 9.44. The van der Waals surface area contributed by atoms with Crippen molar-refractivity contribution in [2.45, 2.75) is 12.8 Å². The molecule has 1 atom stereocenters. The number of benzene rings is 1. The zero-order valence-electron chi connectivity index (χ0n) is 19.5. The Balaban J connectivity index is 1.25. The van der Waals surface area contributed by atoms with Crippen molar-refractivity contribution >= 4 is 55.7 Å². The maximum absolute atomic E-state index is 13.2. The van der Waals surface area contributed by atoms with Crippen LogP contribution in [0.2, 0.25) is 0 Å². The van der Waals surface area contributed by atoms with Crippen LogP contribution in [0.4, 0.5) is 5.82 Å². The molecule has 1 unspecified atom stereocenters. The molecule has 36 heavy (non-hydrogen) atoms. The Kier molecular flexibility index (Phi) is 5.98. The lowest BCUT2D eigenvalue weighted by Gasteiger charge is -2.29. The Hall–Kier alpha value is -3.63. The number of hydrogen-bond donors (Lipinski definition) is 4. The molecule has 1 fully saturated rings. The molecule has 0 saturated carbocycles. The van der Waals surface area contributed by atoms with Crippen LogP contribution in [0, 0.1) is 11.3 Å². The standard InChI is InChI=1S/C26H25BrN8O/c27-19-12-17(16-4-3-5-20-18(16)14-31-34-20)23(28)22-24(19)32-25(33-26(22)36)15-6-7-21(30-13-15)29-8-11-35-9-1-2-10-35/h3-7,12-14,22,28H,1-2,8-11H2,(H,29,30)(H,31,34)(H,32,33,36). The van der Waals surface area contributed by atoms with Gasteiger partial charge in [0.2, 0.25) is 5.91 Å². The molecule has 182 valence electrons. The van der Waals surface area contributed by atoms with Gasteiger partial charge in [0.15, 0.2) is 0 Å². The van der Waals surface area contributed by atoms with Crippen molar-refractivity contribution in [2.24, 2.45) is 10.9 Å². The van der Waals surface area contributed by atoms with Crippen LogP contribution in [-0.2, 0) is 4.79 Å². The summed E-state index contributed by atoms with van der Waals surface area (Å²) in [7, 11) is 0. The van der Waals surface area contributed by atoms with Crippen LogP contribution in [0.5, 0.6) is 0 Å². The van der Waals surface area contributed by atoms with E-state index in [2.05, 4.69) is 46.6 Å². The lowest BCUT2D eigenvalue weighted by molar-refractivity contribution is -0.121. The zero-order chi connectivity index (χ0) is 24.6. The smallest absolute Gasteiger partial charge is 0.240 e. The number of nitrogens with zero attached hydrogens (tertiary/aromatic N) is 4. The highest BCUT2D eigenvalue weighted by Crippen LogP contribution is 2.39. The second-order valence-corrected chi connectivity index (χ2v) is 9.99. The van der Waals surface area contributed by atoms with Crippen molar-refractivity contribution in [3.05, 3.63) is 70.1 Å². The predicted octanol–water partition coefficient (Wildman–Crippen LogP) is 3.68. The first kappa shape index (κ1) is 22.8. The summed E-state index contributed by atoms with van der Waals surface area (Å²) in [4.78, 5) is 24.9. The maximum atomic E-state index is 13.2. The summed E-state index contributed by atoms with van der Waals surface area (Å²) in [6.45, 7) is 4.20. The number of hydrogen-bond acceptors (Lipinski definition) is 7. The van der Waals surface area contributed by atoms with Crippen molar-refractivity contribution in [2.75, 3.05) is 31.5 Å². The normalized spacial score (nSPS) is 20.3. The summed E-state index contributed by atoms with van der Waals surface area (Å²) in [5.74, 6) is 0.139. The molecule has 1 aliphatic carbocycles. The van der Waals surface area contributed by atoms with E-state index >= 15 is 0 Å². The van der Waals surface area contributed by atoms with Gasteiger partial charge in [0, 0.05) is 40.3 Å². The fourth-order valence-electron chi connectivity index (χ4n) is 4.97. The van der Waals surface area contributed by atoms with Gasteiger partial charge in [-0.1, -0.05) is 12.1 Å². The van der Waals surface area contributed by atoms with Gasteiger partial charge in [0.05, 0.1) is 23.1 Å². The average Bonchev–Trinajstić information content (AvgIpc) is 3.58. The van der Waals surface area contributed by atoms with Crippen LogP contribution in [0.15, 0.2) is 64.0 Å². The summed E-state index contributed by atoms with van der Waals surface area (Å²) in [5.41, 5.74) is 3.84. The number of allylic oxidation sites excluding steroid dienone is 3. The Labute approximate surface area is 216 Å². The minimum Gasteiger partial charge on any atom is -0.369 e. The lowest BCUT2D eigenvalue weighted by atomic mass is 9.83. The molecule has 1 aromatic carbocycles. The van der Waals surface area contributed by atoms with Gasteiger partial charge in [0.25, 0.3) is 0 Å². The molecular formula is C26H25BrN8O. The number of carbonyl (C=O) groups is 1. The van der Waals surface area contributed by atoms with Crippen LogP contribution in [0.1, 0.15) is 24.0 Å². The van der Waals surface area contributed by atoms with E-state index < -0.39 is 5.92 Å². The van der Waals surface area contributed by atoms with Crippen molar-refractivity contribution in [1.82, 2.24) is 25.4 Å². The molecule has 0 radical (unpaired) electrons. The fraction of sp³-hybridized carbons (Fsp3) is 0.269. The number of rotatable bonds is 6. The van der Waals surface area contributed by atoms with Gasteiger partial charge in [-0.25, -0.2) is 9.98 Å². The van der Waals surface area contributed by atoms with Crippen molar-refractivity contribution in [1.29, 1.82) is 5.41 Å². The Morgan fingerprint density at radius 3 is 2.83 bits per heavy atom. The number of carbonyl (C=O) groups excluding carboxylic acids is 1. The highest BCUT2D eigenvalue weighted by atomic mass is 79.9. The van der Waals surface area contributed by atoms with E-state index in [1.165, 1.54) is 25.9 Å². The van der Waals surface area contributed by atoms with Gasteiger partial charge >= 0.3 is 0 Å². The van der Waals surface area contributed by atoms with Crippen LogP contribution in [-0.4, -0.2) is 63.7 Å². The van der Waals surface area contributed by atoms with E-state index in [1.54, 1.807) is 12.4 Å². The first-order chi connectivity index (χ1) is 17.6. The molecule has 3 aromatic rings. The van der Waals surface area contributed by atoms with E-state index in [0.717, 1.165) is 35.4 Å². The zero-order valence-corrected chi connectivity index (χ0v) is 21.1. The van der Waals surface area contributed by atoms with Crippen LogP contribution >= 0.6 is 15.9 Å². The first-order valence-electron chi connectivity index (χ1n) is 12.0. The number of fused-ring (bicyclic) bond motifs is 2. The number of aromatic amines is 1. The van der Waals surface area contributed by atoms with Gasteiger partial charge in [-0.15, -0.1) is 0 Å². The highest BCUT2D eigenvalue weighted by Gasteiger charge is 2.38. The lowest BCUT2D eigenvalue weighted by Crippen LogP contribution is -2.45. The van der Waals surface area contributed by atoms with Crippen molar-refractivity contribution in [3.63, 3.8) is 0 Å². The summed E-state index contributed by atoms with van der Waals surface area (Å²) < 4.78 is 0.680. The second-order valence-electron chi connectivity index (χ2n) is 9.13. The third-order valence-electron chi connectivity index (χ3n) is 6.85. The number of anilines is 1. The fourth-order valence-corrected chi connectivity index (χ4v) is 5.51. The van der Waals surface area contributed by atoms with E-state index in [-0.39, 0.29) is 11.6 Å². The van der Waals surface area contributed by atoms with Crippen LogP contribution in [0.3, 0.4) is 0 Å². The Bertz CT molecular complexity index is 1450. The third kappa shape index (κ3) is 4.16. The summed E-state index contributed by atoms with van der Waals surface area (Å²) >= 11 is 3.61. The molecule has 1 amide bonds. The van der Waals surface area contributed by atoms with Gasteiger partial charge < -0.3 is 20.9 Å². The third-order valence-corrected chi connectivity index (χ3v) is 7.48. The quantitative estimate of drug-likeness (QED) is 0.377. The number of amidine groups is 1. The molecule has 2 aliphatic heterocycles. The van der Waals surface area contributed by atoms with E-state index in [4.69, 9.17) is 10.4 Å². The molecule has 4 heterocycles. The van der Waals surface area contributed by atoms with Gasteiger partial charge in [-0.05, 0) is 71.7 Å². The highest BCUT2D eigenvalue weighted by molar-refractivity contribution is 9.11. The molecule has 9 nitrogen and oxygen atoms in total. The number of nitrogens with one attached hydrogen (secondary N) is 4. The number of pyridine rings is 1. The monoisotopic (exact) mass is 544 g/mol. The van der Waals surface area contributed by atoms with Crippen LogP contribution in [0.25, 0.3) is 16.5 Å². The number of aliphatic imine (C=N–C) groups is 1. The minimum absolute atomic E-state index is 0.206. The largest absolute Gasteiger partial charge is 0.369 e. The number of aromatic nitrogens is 3. The Morgan fingerprint density at radius 2 is 2.03 bits per heavy atom. The van der Waals surface area contributed by atoms with Gasteiger partial charge in [-0.2, -0.15) is 5.10 Å². The Morgan fingerprint density at radius 1 is 1.17 bits per heavy atom. The summed E-state index contributed by atoms with van der Waals surface area (Å²) in [6.07, 6.45) is 7.88. The SMILES string of the molecule is N=C1C(c2cccc3[nH]ncc23)=CC(Br)=C2N=C(c3ccc(NCCN4CCCC4)nc3)NC(=O)C12. The van der Waals surface area contributed by atoms with Crippen LogP contribution < -0.4 is 10.6 Å². The molecule has 0 spiro atoms. The van der Waals surface area contributed by atoms with Crippen molar-refractivity contribution in [3.8, 4) is 0 Å². The predicted molar refractivity (Wildman–Crippen MR) is 144 cm³/mol. The van der Waals surface area contributed by atoms with E-state index in [0.29, 0.717) is 27.2 Å². The average molecular weight is 545 g/mol. The molecule has 3 aliphatic rings. The first-order valence-corrected chi connectivity index (χ1v) is 12.8. The number of halogens is 1. The summed E-state index contributed by atoms with van der Waals surface area (Å²) in [6, 6.07) is 9.57. The number of likely N-dealkylation sites (tertiary alicyclic amines) is 1. The number of amides is 1. The molecule has 10 heteroatoms. The maximum Gasteiger partial charge on any atom is 0.240 e. The molecule has 2 aromatic heterocycles. The number of H-pyrrole nitrogens is 1. The van der Waals surface area contributed by atoms with E-state index in [9.17, 15) is 4.79 Å². The van der Waals surface area contributed by atoms with Gasteiger partial charge in [0.1, 0.15) is 17.6 Å². The van der Waals surface area contributed by atoms with E-state index in [1.807, 2.05) is 36.4 Å². The molecule has 4 N–H and O–H groups in total. The molecular weight excluding hydrogens is 520 g/mol. The van der Waals surface area contributed by atoms with Crippen molar-refractivity contribution < 1.29 is 4.79 Å².